The highest BCUT2D eigenvalue weighted by molar-refractivity contribution is 7.16. The quantitative estimate of drug-likeness (QED) is 0.0349. The molecule has 12 rings (SSSR count). The number of aromatic amines is 2. The first-order valence-corrected chi connectivity index (χ1v) is 30.4. The molecule has 0 spiro atoms. The maximum atomic E-state index is 12.9. The molecule has 4 aliphatic rings. The maximum Gasteiger partial charge on any atom is 0.328 e. The van der Waals surface area contributed by atoms with Crippen molar-refractivity contribution in [2.75, 3.05) is 61.5 Å². The van der Waals surface area contributed by atoms with Gasteiger partial charge in [0.05, 0.1) is 0 Å². The van der Waals surface area contributed by atoms with Gasteiger partial charge in [0.25, 0.3) is 11.8 Å². The number of rotatable bonds is 20. The number of aliphatic carboxylic acids is 1. The first-order valence-electron chi connectivity index (χ1n) is 28.8. The second-order valence-corrected chi connectivity index (χ2v) is 24.1. The lowest BCUT2D eigenvalue weighted by atomic mass is 9.95. The molecule has 7 heterocycles. The average Bonchev–Trinajstić information content (AvgIpc) is 2.85. The van der Waals surface area contributed by atoms with Crippen LogP contribution in [0.3, 0.4) is 0 Å². The Bertz CT molecular complexity index is 3620. The fourth-order valence-electron chi connectivity index (χ4n) is 9.99. The number of benzene rings is 2. The van der Waals surface area contributed by atoms with Crippen LogP contribution in [0.25, 0.3) is 22.1 Å². The maximum absolute atomic E-state index is 12.9. The number of nitrogens with zero attached hydrogens (tertiary/aromatic N) is 9. The van der Waals surface area contributed by atoms with Gasteiger partial charge in [-0.15, -0.1) is 22.7 Å². The lowest BCUT2D eigenvalue weighted by molar-refractivity contribution is -0.131. The Morgan fingerprint density at radius 3 is 1.55 bits per heavy atom. The van der Waals surface area contributed by atoms with Gasteiger partial charge >= 0.3 is 5.97 Å². The monoisotopic (exact) mass is 1190 g/mol. The van der Waals surface area contributed by atoms with Gasteiger partial charge in [-0.2, -0.15) is 10.2 Å². The van der Waals surface area contributed by atoms with Crippen molar-refractivity contribution in [3.63, 3.8) is 0 Å². The number of carboxylic acids is 1. The van der Waals surface area contributed by atoms with E-state index in [1.807, 2.05) is 37.9 Å². The van der Waals surface area contributed by atoms with Gasteiger partial charge in [-0.05, 0) is 128 Å². The number of H-pyrrole nitrogens is 2. The van der Waals surface area contributed by atoms with Gasteiger partial charge < -0.3 is 30.1 Å². The molecule has 3 amide bonds. The van der Waals surface area contributed by atoms with E-state index in [9.17, 15) is 19.2 Å². The zero-order valence-electron chi connectivity index (χ0n) is 48.0. The smallest absolute Gasteiger partial charge is 0.328 e. The fraction of sp³-hybridized carbons (Fsp3) is 0.377. The molecule has 3 aliphatic carbocycles. The van der Waals surface area contributed by atoms with Crippen LogP contribution in [-0.2, 0) is 9.59 Å². The van der Waals surface area contributed by atoms with Crippen LogP contribution in [0.15, 0.2) is 110 Å². The minimum atomic E-state index is -0.866. The van der Waals surface area contributed by atoms with Gasteiger partial charge in [-0.1, -0.05) is 31.4 Å². The van der Waals surface area contributed by atoms with Crippen LogP contribution in [-0.4, -0.2) is 148 Å². The third-order valence-corrected chi connectivity index (χ3v) is 16.5. The molecular weight excluding hydrogens is 1120 g/mol. The normalized spacial score (nSPS) is 16.3. The Morgan fingerprint density at radius 1 is 0.624 bits per heavy atom. The summed E-state index contributed by atoms with van der Waals surface area (Å²) in [6, 6.07) is 19.4. The number of carbonyl (C=O) groups is 4. The van der Waals surface area contributed by atoms with Crippen LogP contribution in [0, 0.1) is 13.8 Å². The fourth-order valence-corrected chi connectivity index (χ4v) is 11.3. The van der Waals surface area contributed by atoms with Crippen LogP contribution >= 0.6 is 22.7 Å². The molecule has 3 saturated carbocycles. The van der Waals surface area contributed by atoms with E-state index in [1.165, 1.54) is 73.7 Å². The van der Waals surface area contributed by atoms with E-state index in [0.29, 0.717) is 86.2 Å². The number of aryl methyl sites for hydroxylation is 2. The Morgan fingerprint density at radius 2 is 1.09 bits per heavy atom. The summed E-state index contributed by atoms with van der Waals surface area (Å²) in [6.45, 7) is 6.77. The summed E-state index contributed by atoms with van der Waals surface area (Å²) in [6.07, 6.45) is 26.3. The molecule has 1 atom stereocenters. The van der Waals surface area contributed by atoms with E-state index in [2.05, 4.69) is 78.4 Å². The number of carboxylic acid groups (broad SMARTS) is 1. The number of hydrogen-bond acceptors (Lipinski definition) is 18. The van der Waals surface area contributed by atoms with E-state index in [4.69, 9.17) is 14.6 Å². The van der Waals surface area contributed by atoms with Crippen molar-refractivity contribution >= 4 is 90.3 Å². The first kappa shape index (κ1) is 59.6. The number of piperidine rings is 1. The summed E-state index contributed by atoms with van der Waals surface area (Å²) in [4.78, 5) is 73.5. The number of pyridine rings is 2. The zero-order valence-corrected chi connectivity index (χ0v) is 49.7. The third kappa shape index (κ3) is 16.8. The molecule has 444 valence electrons. The lowest BCUT2D eigenvalue weighted by Crippen LogP contribution is -2.44. The number of hydrogen-bond donors (Lipinski definition) is 7. The molecular formula is C61H71N15O7S2. The Kier molecular flexibility index (Phi) is 19.9. The highest BCUT2D eigenvalue weighted by Gasteiger charge is 2.28. The van der Waals surface area contributed by atoms with Gasteiger partial charge in [-0.25, -0.2) is 24.7 Å². The second-order valence-electron chi connectivity index (χ2n) is 21.7. The Labute approximate surface area is 500 Å². The molecule has 1 aliphatic heterocycles. The number of anilines is 4. The molecule has 85 heavy (non-hydrogen) atoms. The largest absolute Gasteiger partial charge is 0.478 e. The summed E-state index contributed by atoms with van der Waals surface area (Å²) in [5.41, 5.74) is 2.31. The standard InChI is InChI=1S/C30H34N8O3S.C23H24N6O2S.C8H13NO2/c1-19-17-32-30(42-19)34-29(40)20-7-11-23(12-8-20)41-24-13-14-31-27-26(24)28(36-35-27)33-21-5-3-16-38(18-21)25(39)6-4-15-37(2)22-9-10-22;1-14-13-25-23(32-14)27-22(30)15-7-9-17(10-8-15)31-18-11-12-24-20-19(18)21(29-28-20)26-16-5-3-2-4-6-16;1-9(7-4-5-7)6-2-3-8(10)11/h4,6-8,11-14,17,21-22H,3,5,9-10,15-16,18H2,1-2H3,(H,32,34,40)(H2,31,33,35,36);7-13,16H,2-6H2,1H3,(H,25,27,30)(H2,24,26,28,29);2-3,7H,4-6H2,1H3,(H,10,11)/b6-4+;;3-2+/t21-;;/m1../s1. The van der Waals surface area contributed by atoms with Gasteiger partial charge in [-0.3, -0.25) is 45.0 Å². The summed E-state index contributed by atoms with van der Waals surface area (Å²) in [7, 11) is 4.12. The van der Waals surface area contributed by atoms with Crippen molar-refractivity contribution < 1.29 is 33.8 Å². The lowest BCUT2D eigenvalue weighted by Gasteiger charge is -2.32. The topological polar surface area (TPSA) is 274 Å². The summed E-state index contributed by atoms with van der Waals surface area (Å²) >= 11 is 2.87. The molecule has 0 radical (unpaired) electrons. The first-order chi connectivity index (χ1) is 41.3. The number of likely N-dealkylation sites (N-methyl/N-ethyl adjacent to an activating group) is 2. The molecule has 22 nitrogen and oxygen atoms in total. The molecule has 4 fully saturated rings. The van der Waals surface area contributed by atoms with Crippen molar-refractivity contribution in [3.8, 4) is 23.0 Å². The van der Waals surface area contributed by atoms with Crippen LogP contribution < -0.4 is 30.7 Å². The highest BCUT2D eigenvalue weighted by atomic mass is 32.1. The van der Waals surface area contributed by atoms with Gasteiger partial charge in [0.2, 0.25) is 5.91 Å². The zero-order chi connectivity index (χ0) is 59.2. The van der Waals surface area contributed by atoms with Crippen molar-refractivity contribution in [1.82, 2.24) is 55.0 Å². The average molecular weight is 1190 g/mol. The minimum absolute atomic E-state index is 0.0437. The molecule has 1 saturated heterocycles. The number of carbonyl (C=O) groups excluding carboxylic acids is 3. The summed E-state index contributed by atoms with van der Waals surface area (Å²) < 4.78 is 12.4. The van der Waals surface area contributed by atoms with Crippen molar-refractivity contribution in [2.45, 2.75) is 109 Å². The van der Waals surface area contributed by atoms with Crippen LogP contribution in [0.2, 0.25) is 0 Å². The molecule has 6 aromatic heterocycles. The van der Waals surface area contributed by atoms with E-state index >= 15 is 0 Å². The van der Waals surface area contributed by atoms with E-state index in [1.54, 1.807) is 91.5 Å². The van der Waals surface area contributed by atoms with Crippen LogP contribution in [0.5, 0.6) is 23.0 Å². The van der Waals surface area contributed by atoms with Crippen molar-refractivity contribution in [1.29, 1.82) is 0 Å². The number of aromatic nitrogens is 8. The molecule has 0 unspecified atom stereocenters. The second kappa shape index (κ2) is 28.3. The number of fused-ring (bicyclic) bond motifs is 2. The van der Waals surface area contributed by atoms with Gasteiger partial charge in [0.1, 0.15) is 33.8 Å². The van der Waals surface area contributed by atoms with Gasteiger partial charge in [0, 0.05) is 120 Å². The number of thiazole rings is 2. The molecule has 8 aromatic rings. The number of likely N-dealkylation sites (tertiary alicyclic amines) is 1. The minimum Gasteiger partial charge on any atom is -0.478 e. The van der Waals surface area contributed by atoms with Crippen LogP contribution in [0.1, 0.15) is 101 Å². The summed E-state index contributed by atoms with van der Waals surface area (Å²) in [5, 5.41) is 38.6. The molecule has 2 aromatic carbocycles. The van der Waals surface area contributed by atoms with E-state index in [-0.39, 0.29) is 23.8 Å². The van der Waals surface area contributed by atoms with E-state index < -0.39 is 5.97 Å². The molecule has 7 N–H and O–H groups in total. The molecule has 24 heteroatoms. The number of ether oxygens (including phenoxy) is 2. The Hall–Kier alpha value is -8.58. The van der Waals surface area contributed by atoms with Crippen molar-refractivity contribution in [3.05, 3.63) is 131 Å². The number of nitrogens with one attached hydrogen (secondary N) is 6. The Balaban J connectivity index is 0.000000164. The SMILES string of the molecule is CN(C/C=C/C(=O)O)C1CC1.Cc1cnc(NC(=O)c2ccc(Oc3ccnc4[nH]nc(NC5CCCCC5)c34)cc2)s1.Cc1cnc(NC(=O)c2ccc(Oc3ccnc4[nH]nc(N[C@@H]5CCCN(C(=O)/C=C/CN(C)C6CC6)C5)c34)cc2)s1. The molecule has 0 bridgehead atoms. The third-order valence-electron chi connectivity index (χ3n) is 14.9. The summed E-state index contributed by atoms with van der Waals surface area (Å²) in [5.74, 6) is 2.59. The predicted molar refractivity (Wildman–Crippen MR) is 331 cm³/mol. The van der Waals surface area contributed by atoms with E-state index in [0.717, 1.165) is 71.7 Å². The van der Waals surface area contributed by atoms with Crippen LogP contribution in [0.4, 0.5) is 21.9 Å². The number of amides is 3. The van der Waals surface area contributed by atoms with Crippen molar-refractivity contribution in [2.24, 2.45) is 0 Å². The van der Waals surface area contributed by atoms with Gasteiger partial charge in [0.15, 0.2) is 33.2 Å². The predicted octanol–water partition coefficient (Wildman–Crippen LogP) is 11.1. The highest BCUT2D eigenvalue weighted by Crippen LogP contribution is 2.36.